The maximum absolute atomic E-state index is 13.8. The normalized spacial score (nSPS) is 12.8. The molecule has 0 fully saturated rings. The summed E-state index contributed by atoms with van der Waals surface area (Å²) >= 11 is 0. The second-order valence-corrected chi connectivity index (χ2v) is 13.7. The molecule has 0 aliphatic carbocycles. The van der Waals surface area contributed by atoms with Crippen molar-refractivity contribution in [3.8, 4) is 0 Å². The first kappa shape index (κ1) is 35.8. The summed E-state index contributed by atoms with van der Waals surface area (Å²) in [5, 5.41) is 2.82. The van der Waals surface area contributed by atoms with Gasteiger partial charge in [-0.25, -0.2) is 8.42 Å². The van der Waals surface area contributed by atoms with Crippen LogP contribution in [-0.4, -0.2) is 58.5 Å². The maximum atomic E-state index is 13.8. The maximum Gasteiger partial charge on any atom is 0.223 e. The summed E-state index contributed by atoms with van der Waals surface area (Å²) in [5.41, 5.74) is 9.45. The topological polar surface area (TPSA) is 133 Å². The molecule has 0 spiro atoms. The van der Waals surface area contributed by atoms with Crippen LogP contribution in [0.3, 0.4) is 0 Å². The van der Waals surface area contributed by atoms with Crippen LogP contribution in [0.2, 0.25) is 0 Å². The molecule has 0 aliphatic rings. The van der Waals surface area contributed by atoms with Crippen LogP contribution in [0.25, 0.3) is 0 Å². The van der Waals surface area contributed by atoms with Gasteiger partial charge in [-0.15, -0.1) is 0 Å². The second-order valence-electron chi connectivity index (χ2n) is 11.6. The van der Waals surface area contributed by atoms with Gasteiger partial charge >= 0.3 is 0 Å². The van der Waals surface area contributed by atoms with Crippen LogP contribution in [0.5, 0.6) is 0 Å². The lowest BCUT2D eigenvalue weighted by Gasteiger charge is -2.18. The summed E-state index contributed by atoms with van der Waals surface area (Å²) in [6.07, 6.45) is 2.97. The predicted molar refractivity (Wildman–Crippen MR) is 177 cm³/mol. The minimum Gasteiger partial charge on any atom is -0.383 e. The summed E-state index contributed by atoms with van der Waals surface area (Å²) in [5.74, 6) is -2.28. The Morgan fingerprint density at radius 3 is 2.00 bits per heavy atom. The van der Waals surface area contributed by atoms with Crippen molar-refractivity contribution in [3.63, 3.8) is 0 Å². The van der Waals surface area contributed by atoms with Crippen LogP contribution < -0.4 is 11.1 Å². The lowest BCUT2D eigenvalue weighted by Crippen LogP contribution is -2.34. The van der Waals surface area contributed by atoms with E-state index in [1.807, 2.05) is 38.1 Å². The van der Waals surface area contributed by atoms with Crippen LogP contribution in [0, 0.1) is 25.7 Å². The lowest BCUT2D eigenvalue weighted by atomic mass is 9.90. The van der Waals surface area contributed by atoms with Crippen LogP contribution in [0.15, 0.2) is 77.7 Å². The van der Waals surface area contributed by atoms with Crippen molar-refractivity contribution >= 4 is 27.3 Å². The fourth-order valence-electron chi connectivity index (χ4n) is 5.17. The Labute approximate surface area is 267 Å². The van der Waals surface area contributed by atoms with Crippen molar-refractivity contribution < 1.29 is 27.5 Å². The van der Waals surface area contributed by atoms with Crippen LogP contribution in [0.1, 0.15) is 69.5 Å². The number of nitrogens with one attached hydrogen (secondary N) is 1. The number of benzene rings is 3. The van der Waals surface area contributed by atoms with Gasteiger partial charge in [-0.05, 0) is 63.8 Å². The molecule has 0 saturated heterocycles. The molecule has 2 atom stereocenters. The second kappa shape index (κ2) is 17.7. The molecule has 9 heteroatoms. The largest absolute Gasteiger partial charge is 0.383 e. The molecule has 3 N–H and O–H groups in total. The fraction of sp³-hybridized carbons (Fsp3) is 0.417. The van der Waals surface area contributed by atoms with Crippen molar-refractivity contribution in [1.82, 2.24) is 5.32 Å². The number of methoxy groups -OCH3 is 1. The Kier molecular flexibility index (Phi) is 14.1. The average molecular weight is 635 g/mol. The van der Waals surface area contributed by atoms with Gasteiger partial charge in [0, 0.05) is 43.0 Å². The highest BCUT2D eigenvalue weighted by Gasteiger charge is 2.28. The number of hydrogen-bond acceptors (Lipinski definition) is 7. The molecule has 0 saturated carbocycles. The number of sulfone groups is 1. The summed E-state index contributed by atoms with van der Waals surface area (Å²) in [6.45, 7) is 5.14. The van der Waals surface area contributed by atoms with Gasteiger partial charge in [-0.3, -0.25) is 14.4 Å². The number of ketones is 2. The lowest BCUT2D eigenvalue weighted by molar-refractivity contribution is -0.125. The molecule has 0 aromatic heterocycles. The number of hydrogen-bond donors (Lipinski definition) is 2. The smallest absolute Gasteiger partial charge is 0.223 e. The summed E-state index contributed by atoms with van der Waals surface area (Å²) < 4.78 is 31.8. The van der Waals surface area contributed by atoms with Gasteiger partial charge in [0.2, 0.25) is 5.91 Å². The Balaban J connectivity index is 1.77. The minimum absolute atomic E-state index is 0.0324. The fourth-order valence-corrected chi connectivity index (χ4v) is 6.76. The Hall–Kier alpha value is -3.66. The molecule has 0 aliphatic heterocycles. The Bertz CT molecular complexity index is 1500. The third-order valence-corrected chi connectivity index (χ3v) is 9.81. The molecule has 8 nitrogen and oxygen atoms in total. The number of aryl methyl sites for hydroxylation is 3. The van der Waals surface area contributed by atoms with Crippen LogP contribution in [-0.2, 0) is 25.8 Å². The average Bonchev–Trinajstić information content (AvgIpc) is 3.03. The van der Waals surface area contributed by atoms with Gasteiger partial charge in [-0.1, -0.05) is 78.2 Å². The van der Waals surface area contributed by atoms with Crippen molar-refractivity contribution in [1.29, 1.82) is 0 Å². The number of carbonyl (C=O) groups excluding carboxylic acids is 3. The number of amides is 1. The molecule has 0 radical (unpaired) electrons. The molecule has 0 heterocycles. The third kappa shape index (κ3) is 11.3. The Morgan fingerprint density at radius 2 is 1.40 bits per heavy atom. The molecule has 3 rings (SSSR count). The molecule has 1 unspecified atom stereocenters. The summed E-state index contributed by atoms with van der Waals surface area (Å²) in [6, 6.07) is 21.0. The van der Waals surface area contributed by atoms with E-state index in [0.29, 0.717) is 50.1 Å². The number of rotatable bonds is 19. The van der Waals surface area contributed by atoms with E-state index >= 15 is 0 Å². The third-order valence-electron chi connectivity index (χ3n) is 7.98. The van der Waals surface area contributed by atoms with Crippen molar-refractivity contribution in [3.05, 3.63) is 101 Å². The van der Waals surface area contributed by atoms with Gasteiger partial charge in [0.15, 0.2) is 21.4 Å². The highest BCUT2D eigenvalue weighted by atomic mass is 32.2. The van der Waals surface area contributed by atoms with Crippen molar-refractivity contribution in [2.24, 2.45) is 17.6 Å². The first-order chi connectivity index (χ1) is 21.5. The molecule has 3 aromatic carbocycles. The van der Waals surface area contributed by atoms with E-state index in [2.05, 4.69) is 5.32 Å². The predicted octanol–water partition coefficient (Wildman–Crippen LogP) is 5.29. The first-order valence-electron chi connectivity index (χ1n) is 15.5. The Morgan fingerprint density at radius 1 is 0.800 bits per heavy atom. The molecular weight excluding hydrogens is 588 g/mol. The van der Waals surface area contributed by atoms with E-state index in [4.69, 9.17) is 10.5 Å². The molecule has 242 valence electrons. The zero-order valence-corrected chi connectivity index (χ0v) is 27.4. The molecule has 0 bridgehead atoms. The molecule has 45 heavy (non-hydrogen) atoms. The van der Waals surface area contributed by atoms with Gasteiger partial charge < -0.3 is 15.8 Å². The summed E-state index contributed by atoms with van der Waals surface area (Å²) in [4.78, 5) is 39.9. The summed E-state index contributed by atoms with van der Waals surface area (Å²) in [7, 11) is -2.18. The van der Waals surface area contributed by atoms with E-state index in [-0.39, 0.29) is 34.5 Å². The minimum atomic E-state index is -3.73. The zero-order valence-electron chi connectivity index (χ0n) is 26.6. The number of unbranched alkanes of at least 4 members (excludes halogenated alkanes) is 1. The van der Waals surface area contributed by atoms with Crippen molar-refractivity contribution in [2.45, 2.75) is 57.3 Å². The molecule has 3 aromatic rings. The standard InChI is InChI=1S/C36H46N2O6S/c1-26-7-11-28(12-8-26)13-14-32(25-45(42,43)33-19-9-27(2)10-20-33)35(40)30-17-15-29(16-18-30)34(39)24-31(6-4-5-21-37)36(41)38-22-23-44-3/h7-12,15-20,31-32H,4-6,13-14,21-25,37H2,1-3H3,(H,38,41)/t31-,32?/m1/s1. The van der Waals surface area contributed by atoms with E-state index in [9.17, 15) is 22.8 Å². The van der Waals surface area contributed by atoms with Gasteiger partial charge in [0.05, 0.1) is 17.3 Å². The SMILES string of the molecule is COCCNC(=O)[C@H](CCCCN)CC(=O)c1ccc(C(=O)C(CCc2ccc(C)cc2)CS(=O)(=O)c2ccc(C)cc2)cc1. The van der Waals surface area contributed by atoms with E-state index in [1.54, 1.807) is 55.6 Å². The number of nitrogens with two attached hydrogens (primary N) is 1. The van der Waals surface area contributed by atoms with E-state index in [1.165, 1.54) is 0 Å². The molecular formula is C36H46N2O6S. The highest BCUT2D eigenvalue weighted by Crippen LogP contribution is 2.24. The quantitative estimate of drug-likeness (QED) is 0.135. The monoisotopic (exact) mass is 634 g/mol. The van der Waals surface area contributed by atoms with Crippen LogP contribution in [0.4, 0.5) is 0 Å². The van der Waals surface area contributed by atoms with E-state index in [0.717, 1.165) is 29.5 Å². The van der Waals surface area contributed by atoms with Gasteiger partial charge in [-0.2, -0.15) is 0 Å². The molecule has 1 amide bonds. The van der Waals surface area contributed by atoms with Gasteiger partial charge in [0.25, 0.3) is 0 Å². The number of ether oxygens (including phenoxy) is 1. The number of Topliss-reactive ketones (excluding diaryl/α,β-unsaturated/α-hetero) is 2. The van der Waals surface area contributed by atoms with E-state index < -0.39 is 21.7 Å². The first-order valence-corrected chi connectivity index (χ1v) is 17.2. The zero-order chi connectivity index (χ0) is 32.8. The number of carbonyl (C=O) groups is 3. The highest BCUT2D eigenvalue weighted by molar-refractivity contribution is 7.91. The van der Waals surface area contributed by atoms with Crippen LogP contribution >= 0.6 is 0 Å². The van der Waals surface area contributed by atoms with Gasteiger partial charge in [0.1, 0.15) is 0 Å². The van der Waals surface area contributed by atoms with Crippen molar-refractivity contribution in [2.75, 3.05) is 32.6 Å².